The Labute approximate surface area is 98.1 Å². The first-order valence-electron chi connectivity index (χ1n) is 6.44. The van der Waals surface area contributed by atoms with Gasteiger partial charge < -0.3 is 20.1 Å². The van der Waals surface area contributed by atoms with Crippen molar-refractivity contribution in [2.75, 3.05) is 39.5 Å². The Bertz CT molecular complexity index is 199. The minimum Gasteiger partial charge on any atom is -0.380 e. The average Bonchev–Trinajstić information content (AvgIpc) is 2.31. The van der Waals surface area contributed by atoms with E-state index >= 15 is 0 Å². The Morgan fingerprint density at radius 1 is 1.44 bits per heavy atom. The van der Waals surface area contributed by atoms with Crippen LogP contribution in [-0.2, 0) is 9.47 Å². The number of rotatable bonds is 4. The molecule has 0 spiro atoms. The number of hydrogen-bond acceptors (Lipinski definition) is 4. The fourth-order valence-electron chi connectivity index (χ4n) is 2.41. The van der Waals surface area contributed by atoms with Gasteiger partial charge in [-0.3, -0.25) is 0 Å². The molecule has 0 bridgehead atoms. The standard InChI is InChI=1S/C12H24N2O2/c1-12(4-2-7-15-10-12)14-5-3-11-9-13-6-8-16-11/h11,13-14H,2-10H2,1H3. The maximum atomic E-state index is 5.67. The zero-order valence-corrected chi connectivity index (χ0v) is 10.3. The molecule has 16 heavy (non-hydrogen) atoms. The third kappa shape index (κ3) is 3.70. The molecular weight excluding hydrogens is 204 g/mol. The number of morpholine rings is 1. The molecule has 0 radical (unpaired) electrons. The molecule has 0 amide bonds. The molecule has 94 valence electrons. The first kappa shape index (κ1) is 12.3. The van der Waals surface area contributed by atoms with Crippen molar-refractivity contribution >= 4 is 0 Å². The molecule has 2 unspecified atom stereocenters. The molecule has 2 atom stereocenters. The van der Waals surface area contributed by atoms with Gasteiger partial charge in [0.1, 0.15) is 0 Å². The van der Waals surface area contributed by atoms with Crippen molar-refractivity contribution in [1.82, 2.24) is 10.6 Å². The summed E-state index contributed by atoms with van der Waals surface area (Å²) in [6.45, 7) is 7.89. The molecule has 2 aliphatic rings. The van der Waals surface area contributed by atoms with E-state index < -0.39 is 0 Å². The van der Waals surface area contributed by atoms with Crippen molar-refractivity contribution in [1.29, 1.82) is 0 Å². The summed E-state index contributed by atoms with van der Waals surface area (Å²) in [5.41, 5.74) is 0.181. The summed E-state index contributed by atoms with van der Waals surface area (Å²) in [5.74, 6) is 0. The Morgan fingerprint density at radius 3 is 3.06 bits per heavy atom. The van der Waals surface area contributed by atoms with Crippen molar-refractivity contribution in [2.45, 2.75) is 37.8 Å². The summed E-state index contributed by atoms with van der Waals surface area (Å²) in [5, 5.41) is 6.97. The van der Waals surface area contributed by atoms with Gasteiger partial charge >= 0.3 is 0 Å². The zero-order chi connectivity index (χ0) is 11.3. The predicted molar refractivity (Wildman–Crippen MR) is 63.7 cm³/mol. The van der Waals surface area contributed by atoms with Crippen molar-refractivity contribution in [3.05, 3.63) is 0 Å². The molecule has 2 saturated heterocycles. The lowest BCUT2D eigenvalue weighted by Gasteiger charge is -2.35. The Hall–Kier alpha value is -0.160. The van der Waals surface area contributed by atoms with Crippen LogP contribution in [0.3, 0.4) is 0 Å². The van der Waals surface area contributed by atoms with E-state index in [9.17, 15) is 0 Å². The maximum Gasteiger partial charge on any atom is 0.0712 e. The van der Waals surface area contributed by atoms with Crippen molar-refractivity contribution < 1.29 is 9.47 Å². The normalized spacial score (nSPS) is 36.2. The van der Waals surface area contributed by atoms with Crippen molar-refractivity contribution in [3.63, 3.8) is 0 Å². The molecule has 4 heteroatoms. The van der Waals surface area contributed by atoms with Gasteiger partial charge in [0.2, 0.25) is 0 Å². The Kier molecular flexibility index (Phi) is 4.58. The second-order valence-electron chi connectivity index (χ2n) is 5.13. The van der Waals surface area contributed by atoms with Crippen LogP contribution in [-0.4, -0.2) is 51.1 Å². The summed E-state index contributed by atoms with van der Waals surface area (Å²) in [4.78, 5) is 0. The highest BCUT2D eigenvalue weighted by Crippen LogP contribution is 2.18. The molecule has 4 nitrogen and oxygen atoms in total. The van der Waals surface area contributed by atoms with Crippen LogP contribution in [0.25, 0.3) is 0 Å². The highest BCUT2D eigenvalue weighted by molar-refractivity contribution is 4.85. The Morgan fingerprint density at radius 2 is 2.38 bits per heavy atom. The molecule has 0 aromatic rings. The predicted octanol–water partition coefficient (Wildman–Crippen LogP) is 0.524. The van der Waals surface area contributed by atoms with E-state index in [1.807, 2.05) is 0 Å². The summed E-state index contributed by atoms with van der Waals surface area (Å²) >= 11 is 0. The first-order valence-corrected chi connectivity index (χ1v) is 6.44. The lowest BCUT2D eigenvalue weighted by molar-refractivity contribution is 0.0113. The van der Waals surface area contributed by atoms with Crippen LogP contribution in [0.4, 0.5) is 0 Å². The first-order chi connectivity index (χ1) is 7.79. The van der Waals surface area contributed by atoms with Crippen LogP contribution in [0.1, 0.15) is 26.2 Å². The van der Waals surface area contributed by atoms with Crippen LogP contribution in [0.2, 0.25) is 0 Å². The minimum absolute atomic E-state index is 0.181. The van der Waals surface area contributed by atoms with E-state index in [-0.39, 0.29) is 5.54 Å². The molecule has 2 aliphatic heterocycles. The van der Waals surface area contributed by atoms with E-state index in [0.717, 1.165) is 45.9 Å². The zero-order valence-electron chi connectivity index (χ0n) is 10.3. The summed E-state index contributed by atoms with van der Waals surface area (Å²) in [6.07, 6.45) is 3.86. The fourth-order valence-corrected chi connectivity index (χ4v) is 2.41. The van der Waals surface area contributed by atoms with Gasteiger partial charge in [0, 0.05) is 25.2 Å². The second kappa shape index (κ2) is 5.96. The van der Waals surface area contributed by atoms with E-state index in [4.69, 9.17) is 9.47 Å². The van der Waals surface area contributed by atoms with Crippen LogP contribution in [0.5, 0.6) is 0 Å². The highest BCUT2D eigenvalue weighted by Gasteiger charge is 2.27. The van der Waals surface area contributed by atoms with Gasteiger partial charge in [0.25, 0.3) is 0 Å². The largest absolute Gasteiger partial charge is 0.380 e. The van der Waals surface area contributed by atoms with Gasteiger partial charge in [-0.25, -0.2) is 0 Å². The minimum atomic E-state index is 0.181. The molecule has 2 heterocycles. The molecule has 0 aromatic heterocycles. The third-order valence-electron chi connectivity index (χ3n) is 3.46. The van der Waals surface area contributed by atoms with Gasteiger partial charge in [0.15, 0.2) is 0 Å². The van der Waals surface area contributed by atoms with Crippen LogP contribution >= 0.6 is 0 Å². The van der Waals surface area contributed by atoms with E-state index in [1.165, 1.54) is 12.8 Å². The summed E-state index contributed by atoms with van der Waals surface area (Å²) in [7, 11) is 0. The lowest BCUT2D eigenvalue weighted by atomic mass is 9.95. The van der Waals surface area contributed by atoms with Gasteiger partial charge in [-0.15, -0.1) is 0 Å². The molecule has 2 N–H and O–H groups in total. The van der Waals surface area contributed by atoms with Crippen molar-refractivity contribution in [2.24, 2.45) is 0 Å². The Balaban J connectivity index is 1.62. The second-order valence-corrected chi connectivity index (χ2v) is 5.13. The smallest absolute Gasteiger partial charge is 0.0712 e. The van der Waals surface area contributed by atoms with E-state index in [0.29, 0.717) is 6.10 Å². The summed E-state index contributed by atoms with van der Waals surface area (Å²) < 4.78 is 11.2. The maximum absolute atomic E-state index is 5.67. The molecule has 0 aliphatic carbocycles. The van der Waals surface area contributed by atoms with Crippen LogP contribution in [0.15, 0.2) is 0 Å². The van der Waals surface area contributed by atoms with Crippen molar-refractivity contribution in [3.8, 4) is 0 Å². The number of nitrogens with one attached hydrogen (secondary N) is 2. The SMILES string of the molecule is CC1(NCCC2CNCCO2)CCCOC1. The van der Waals surface area contributed by atoms with Gasteiger partial charge in [0.05, 0.1) is 19.3 Å². The molecule has 2 rings (SSSR count). The molecular formula is C12H24N2O2. The highest BCUT2D eigenvalue weighted by atomic mass is 16.5. The van der Waals surface area contributed by atoms with Gasteiger partial charge in [-0.05, 0) is 32.7 Å². The average molecular weight is 228 g/mol. The quantitative estimate of drug-likeness (QED) is 0.736. The fraction of sp³-hybridized carbons (Fsp3) is 1.00. The van der Waals surface area contributed by atoms with Crippen LogP contribution in [0, 0.1) is 0 Å². The van der Waals surface area contributed by atoms with Crippen LogP contribution < -0.4 is 10.6 Å². The monoisotopic (exact) mass is 228 g/mol. The van der Waals surface area contributed by atoms with Gasteiger partial charge in [-0.1, -0.05) is 0 Å². The summed E-state index contributed by atoms with van der Waals surface area (Å²) in [6, 6.07) is 0. The van der Waals surface area contributed by atoms with Gasteiger partial charge in [-0.2, -0.15) is 0 Å². The lowest BCUT2D eigenvalue weighted by Crippen LogP contribution is -2.50. The van der Waals surface area contributed by atoms with E-state index in [2.05, 4.69) is 17.6 Å². The third-order valence-corrected chi connectivity index (χ3v) is 3.46. The van der Waals surface area contributed by atoms with E-state index in [1.54, 1.807) is 0 Å². The number of ether oxygens (including phenoxy) is 2. The molecule has 0 saturated carbocycles. The topological polar surface area (TPSA) is 42.5 Å². The molecule has 2 fully saturated rings. The number of hydrogen-bond donors (Lipinski definition) is 2. The molecule has 0 aromatic carbocycles.